The van der Waals surface area contributed by atoms with E-state index in [-0.39, 0.29) is 0 Å². The maximum atomic E-state index is 6.02. The molecule has 2 N–H and O–H groups in total. The Balaban J connectivity index is 2.01. The summed E-state index contributed by atoms with van der Waals surface area (Å²) < 4.78 is 1.87. The molecular weight excluding hydrogens is 226 g/mol. The van der Waals surface area contributed by atoms with E-state index < -0.39 is 0 Å². The Morgan fingerprint density at radius 2 is 2.17 bits per heavy atom. The van der Waals surface area contributed by atoms with Crippen molar-refractivity contribution >= 4 is 5.69 Å². The minimum absolute atomic E-state index is 0.364. The second-order valence-electron chi connectivity index (χ2n) is 5.56. The summed E-state index contributed by atoms with van der Waals surface area (Å²) in [5.41, 5.74) is 9.18. The van der Waals surface area contributed by atoms with Crippen molar-refractivity contribution in [1.82, 2.24) is 20.2 Å². The topological polar surface area (TPSA) is 69.6 Å². The molecule has 0 atom stereocenters. The van der Waals surface area contributed by atoms with Gasteiger partial charge in [0.05, 0.1) is 6.54 Å². The summed E-state index contributed by atoms with van der Waals surface area (Å²) in [5.74, 6) is 0.768. The summed E-state index contributed by atoms with van der Waals surface area (Å²) in [6.07, 6.45) is 2.49. The van der Waals surface area contributed by atoms with E-state index in [9.17, 15) is 0 Å². The third-order valence-electron chi connectivity index (χ3n) is 3.62. The molecule has 0 amide bonds. The first-order valence-corrected chi connectivity index (χ1v) is 6.20. The molecule has 5 heteroatoms. The second kappa shape index (κ2) is 3.80. The van der Waals surface area contributed by atoms with Crippen LogP contribution in [0.2, 0.25) is 0 Å². The average Bonchev–Trinajstić information content (AvgIpc) is 2.88. The normalized spacial score (nSPS) is 16.8. The third kappa shape index (κ3) is 1.96. The number of aromatic nitrogens is 4. The van der Waals surface area contributed by atoms with E-state index in [1.165, 1.54) is 12.8 Å². The van der Waals surface area contributed by atoms with E-state index in [1.54, 1.807) is 0 Å². The van der Waals surface area contributed by atoms with Crippen molar-refractivity contribution in [3.05, 3.63) is 23.8 Å². The Hall–Kier alpha value is -1.91. The van der Waals surface area contributed by atoms with Crippen LogP contribution in [0.5, 0.6) is 0 Å². The number of anilines is 1. The van der Waals surface area contributed by atoms with E-state index in [1.807, 2.05) is 29.8 Å². The zero-order valence-electron chi connectivity index (χ0n) is 10.7. The molecule has 2 aromatic rings. The van der Waals surface area contributed by atoms with Gasteiger partial charge in [-0.15, -0.1) is 5.10 Å². The molecule has 1 fully saturated rings. The Kier molecular flexibility index (Phi) is 2.36. The number of rotatable bonds is 3. The van der Waals surface area contributed by atoms with Crippen LogP contribution in [-0.4, -0.2) is 20.2 Å². The highest BCUT2D eigenvalue weighted by molar-refractivity contribution is 5.72. The molecule has 5 nitrogen and oxygen atoms in total. The monoisotopic (exact) mass is 243 g/mol. The van der Waals surface area contributed by atoms with Gasteiger partial charge in [0.25, 0.3) is 0 Å². The predicted molar refractivity (Wildman–Crippen MR) is 69.7 cm³/mol. The number of hydrogen-bond acceptors (Lipinski definition) is 4. The fourth-order valence-electron chi connectivity index (χ4n) is 2.10. The molecule has 0 spiro atoms. The van der Waals surface area contributed by atoms with Gasteiger partial charge in [-0.25, -0.2) is 4.68 Å². The highest BCUT2D eigenvalue weighted by Gasteiger charge is 2.38. The van der Waals surface area contributed by atoms with Crippen LogP contribution >= 0.6 is 0 Å². The number of hydrogen-bond donors (Lipinski definition) is 1. The van der Waals surface area contributed by atoms with Crippen LogP contribution in [0, 0.1) is 12.3 Å². The van der Waals surface area contributed by atoms with Gasteiger partial charge in [-0.3, -0.25) is 0 Å². The summed E-state index contributed by atoms with van der Waals surface area (Å²) in [6.45, 7) is 5.17. The summed E-state index contributed by atoms with van der Waals surface area (Å²) in [7, 11) is 0. The summed E-state index contributed by atoms with van der Waals surface area (Å²) in [5, 5.41) is 12.0. The number of benzene rings is 1. The fraction of sp³-hybridized carbons (Fsp3) is 0.462. The maximum Gasteiger partial charge on any atom is 0.184 e. The first kappa shape index (κ1) is 11.2. The quantitative estimate of drug-likeness (QED) is 0.837. The summed E-state index contributed by atoms with van der Waals surface area (Å²) in [6, 6.07) is 5.93. The molecule has 1 saturated carbocycles. The van der Waals surface area contributed by atoms with E-state index >= 15 is 0 Å². The lowest BCUT2D eigenvalue weighted by atomic mass is 10.1. The minimum Gasteiger partial charge on any atom is -0.398 e. The minimum atomic E-state index is 0.364. The smallest absolute Gasteiger partial charge is 0.184 e. The lowest BCUT2D eigenvalue weighted by molar-refractivity contribution is 0.427. The Bertz CT molecular complexity index is 583. The largest absolute Gasteiger partial charge is 0.398 e. The van der Waals surface area contributed by atoms with E-state index in [0.717, 1.165) is 29.2 Å². The predicted octanol–water partition coefficient (Wildman–Crippen LogP) is 2.03. The molecule has 0 unspecified atom stereocenters. The number of nitrogens with zero attached hydrogens (tertiary/aromatic N) is 4. The number of aryl methyl sites for hydroxylation is 1. The van der Waals surface area contributed by atoms with Crippen molar-refractivity contribution in [2.24, 2.45) is 5.41 Å². The van der Waals surface area contributed by atoms with Gasteiger partial charge >= 0.3 is 0 Å². The van der Waals surface area contributed by atoms with Crippen molar-refractivity contribution in [2.45, 2.75) is 33.2 Å². The number of tetrazole rings is 1. The zero-order chi connectivity index (χ0) is 12.8. The molecule has 1 aliphatic rings. The average molecular weight is 243 g/mol. The van der Waals surface area contributed by atoms with Crippen molar-refractivity contribution in [3.8, 4) is 11.4 Å². The van der Waals surface area contributed by atoms with Crippen molar-refractivity contribution in [3.63, 3.8) is 0 Å². The van der Waals surface area contributed by atoms with E-state index in [0.29, 0.717) is 5.41 Å². The van der Waals surface area contributed by atoms with E-state index in [2.05, 4.69) is 22.4 Å². The molecule has 1 heterocycles. The van der Waals surface area contributed by atoms with Gasteiger partial charge in [0, 0.05) is 11.3 Å². The fourth-order valence-corrected chi connectivity index (χ4v) is 2.10. The summed E-state index contributed by atoms with van der Waals surface area (Å²) >= 11 is 0. The highest BCUT2D eigenvalue weighted by Crippen LogP contribution is 2.46. The molecule has 0 bridgehead atoms. The maximum absolute atomic E-state index is 6.02. The SMILES string of the molecule is Cc1ccc(N)c(-c2nnnn2CC2(C)CC2)c1. The molecule has 94 valence electrons. The van der Waals surface area contributed by atoms with Crippen LogP contribution in [0.4, 0.5) is 5.69 Å². The first-order chi connectivity index (χ1) is 8.57. The van der Waals surface area contributed by atoms with Crippen LogP contribution in [0.3, 0.4) is 0 Å². The van der Waals surface area contributed by atoms with Crippen LogP contribution in [0.25, 0.3) is 11.4 Å². The van der Waals surface area contributed by atoms with Gasteiger partial charge in [0.1, 0.15) is 0 Å². The lowest BCUT2D eigenvalue weighted by Crippen LogP contribution is -2.11. The summed E-state index contributed by atoms with van der Waals surface area (Å²) in [4.78, 5) is 0. The molecule has 1 aliphatic carbocycles. The van der Waals surface area contributed by atoms with Crippen LogP contribution in [0.1, 0.15) is 25.3 Å². The second-order valence-corrected chi connectivity index (χ2v) is 5.56. The van der Waals surface area contributed by atoms with Gasteiger partial charge in [-0.1, -0.05) is 18.6 Å². The van der Waals surface area contributed by atoms with Gasteiger partial charge in [0.2, 0.25) is 0 Å². The first-order valence-electron chi connectivity index (χ1n) is 6.20. The molecule has 0 aliphatic heterocycles. The molecule has 0 saturated heterocycles. The van der Waals surface area contributed by atoms with Crippen LogP contribution in [-0.2, 0) is 6.54 Å². The number of nitrogens with two attached hydrogens (primary N) is 1. The lowest BCUT2D eigenvalue weighted by Gasteiger charge is -2.11. The number of nitrogen functional groups attached to an aromatic ring is 1. The molecular formula is C13H17N5. The van der Waals surface area contributed by atoms with Gasteiger partial charge in [-0.2, -0.15) is 0 Å². The molecule has 1 aromatic heterocycles. The molecule has 0 radical (unpaired) electrons. The molecule has 18 heavy (non-hydrogen) atoms. The molecule has 3 rings (SSSR count). The van der Waals surface area contributed by atoms with Crippen LogP contribution < -0.4 is 5.73 Å². The van der Waals surface area contributed by atoms with Gasteiger partial charge in [-0.05, 0) is 47.7 Å². The van der Waals surface area contributed by atoms with Crippen molar-refractivity contribution in [1.29, 1.82) is 0 Å². The van der Waals surface area contributed by atoms with E-state index in [4.69, 9.17) is 5.73 Å². The Morgan fingerprint density at radius 3 is 2.89 bits per heavy atom. The van der Waals surface area contributed by atoms with Crippen LogP contribution in [0.15, 0.2) is 18.2 Å². The molecule has 1 aromatic carbocycles. The van der Waals surface area contributed by atoms with Gasteiger partial charge in [0.15, 0.2) is 5.82 Å². The zero-order valence-corrected chi connectivity index (χ0v) is 10.7. The standard InChI is InChI=1S/C13H17N5/c1-9-3-4-11(14)10(7-9)12-15-16-17-18(12)8-13(2)5-6-13/h3-4,7H,5-6,8,14H2,1-2H3. The highest BCUT2D eigenvalue weighted by atomic mass is 15.5. The third-order valence-corrected chi connectivity index (χ3v) is 3.62. The Labute approximate surface area is 106 Å². The Morgan fingerprint density at radius 1 is 1.39 bits per heavy atom. The van der Waals surface area contributed by atoms with Crippen molar-refractivity contribution < 1.29 is 0 Å². The van der Waals surface area contributed by atoms with Crippen molar-refractivity contribution in [2.75, 3.05) is 5.73 Å². The van der Waals surface area contributed by atoms with Gasteiger partial charge < -0.3 is 5.73 Å².